The zero-order chi connectivity index (χ0) is 19.6. The number of carbonyl (C=O) groups is 1. The number of nitro groups is 1. The highest BCUT2D eigenvalue weighted by molar-refractivity contribution is 7.80. The molecule has 136 valence electrons. The van der Waals surface area contributed by atoms with Gasteiger partial charge in [-0.15, -0.1) is 0 Å². The van der Waals surface area contributed by atoms with E-state index in [2.05, 4.69) is 15.6 Å². The summed E-state index contributed by atoms with van der Waals surface area (Å²) in [5.74, 6) is -0.531. The number of amides is 1. The third-order valence-electron chi connectivity index (χ3n) is 3.97. The Balaban J connectivity index is 1.80. The number of nitro benzene ring substituents is 1. The van der Waals surface area contributed by atoms with Crippen molar-refractivity contribution < 1.29 is 9.72 Å². The van der Waals surface area contributed by atoms with E-state index in [4.69, 9.17) is 12.2 Å². The molecule has 0 bridgehead atoms. The number of fused-ring (bicyclic) bond motifs is 1. The van der Waals surface area contributed by atoms with Crippen molar-refractivity contribution in [2.24, 2.45) is 0 Å². The Bertz CT molecular complexity index is 1080. The molecule has 8 heteroatoms. The van der Waals surface area contributed by atoms with Crippen molar-refractivity contribution in [3.63, 3.8) is 0 Å². The number of nitrogens with zero attached hydrogens (tertiary/aromatic N) is 2. The zero-order valence-electron chi connectivity index (χ0n) is 14.6. The molecule has 1 aromatic heterocycles. The lowest BCUT2D eigenvalue weighted by molar-refractivity contribution is -0.384. The molecule has 1 heterocycles. The van der Waals surface area contributed by atoms with Gasteiger partial charge in [-0.05, 0) is 49.8 Å². The van der Waals surface area contributed by atoms with E-state index in [0.717, 1.165) is 22.2 Å². The van der Waals surface area contributed by atoms with E-state index < -0.39 is 10.8 Å². The van der Waals surface area contributed by atoms with Gasteiger partial charge in [0.05, 0.1) is 16.1 Å². The third kappa shape index (κ3) is 4.06. The lowest BCUT2D eigenvalue weighted by atomic mass is 10.1. The zero-order valence-corrected chi connectivity index (χ0v) is 15.5. The fourth-order valence-electron chi connectivity index (χ4n) is 2.77. The van der Waals surface area contributed by atoms with Gasteiger partial charge >= 0.3 is 0 Å². The van der Waals surface area contributed by atoms with Gasteiger partial charge in [0, 0.05) is 28.8 Å². The number of carbonyl (C=O) groups excluding carboxylic acids is 1. The van der Waals surface area contributed by atoms with Crippen LogP contribution in [0.2, 0.25) is 0 Å². The number of non-ortho nitro benzene ring substituents is 1. The Morgan fingerprint density at radius 1 is 1.15 bits per heavy atom. The van der Waals surface area contributed by atoms with Crippen molar-refractivity contribution in [2.45, 2.75) is 13.8 Å². The molecule has 0 atom stereocenters. The summed E-state index contributed by atoms with van der Waals surface area (Å²) in [6.45, 7) is 3.91. The number of para-hydroxylation sites is 1. The van der Waals surface area contributed by atoms with Crippen LogP contribution in [0.1, 0.15) is 21.6 Å². The molecular weight excluding hydrogens is 364 g/mol. The molecule has 27 heavy (non-hydrogen) atoms. The predicted octanol–water partition coefficient (Wildman–Crippen LogP) is 3.89. The molecular formula is C19H16N4O3S. The van der Waals surface area contributed by atoms with Gasteiger partial charge in [-0.2, -0.15) is 0 Å². The summed E-state index contributed by atoms with van der Waals surface area (Å²) in [7, 11) is 0. The summed E-state index contributed by atoms with van der Waals surface area (Å²) >= 11 is 5.22. The predicted molar refractivity (Wildman–Crippen MR) is 108 cm³/mol. The largest absolute Gasteiger partial charge is 0.331 e. The maximum atomic E-state index is 12.3. The van der Waals surface area contributed by atoms with Gasteiger partial charge in [-0.1, -0.05) is 18.2 Å². The number of hydrogen-bond donors (Lipinski definition) is 2. The Hall–Kier alpha value is -3.39. The lowest BCUT2D eigenvalue weighted by Crippen LogP contribution is -2.34. The van der Waals surface area contributed by atoms with Gasteiger partial charge in [0.15, 0.2) is 5.11 Å². The van der Waals surface area contributed by atoms with Crippen LogP contribution >= 0.6 is 12.2 Å². The SMILES string of the molecule is Cc1cc(C)c2cccc(NC(=S)NC(=O)c3cccc([N+](=O)[O-])c3)c2n1. The first-order valence-electron chi connectivity index (χ1n) is 8.09. The van der Waals surface area contributed by atoms with Crippen LogP contribution in [-0.4, -0.2) is 20.9 Å². The van der Waals surface area contributed by atoms with Gasteiger partial charge in [-0.3, -0.25) is 25.2 Å². The maximum absolute atomic E-state index is 12.3. The smallest absolute Gasteiger partial charge is 0.270 e. The molecule has 7 nitrogen and oxygen atoms in total. The summed E-state index contributed by atoms with van der Waals surface area (Å²) in [5.41, 5.74) is 3.38. The van der Waals surface area contributed by atoms with Crippen LogP contribution in [0.3, 0.4) is 0 Å². The summed E-state index contributed by atoms with van der Waals surface area (Å²) in [4.78, 5) is 27.2. The molecule has 2 N–H and O–H groups in total. The average Bonchev–Trinajstić information content (AvgIpc) is 2.62. The van der Waals surface area contributed by atoms with Crippen LogP contribution in [0.5, 0.6) is 0 Å². The first-order valence-corrected chi connectivity index (χ1v) is 8.50. The Kier molecular flexibility index (Phi) is 5.09. The van der Waals surface area contributed by atoms with Crippen LogP contribution in [0, 0.1) is 24.0 Å². The van der Waals surface area contributed by atoms with Gasteiger partial charge < -0.3 is 5.32 Å². The highest BCUT2D eigenvalue weighted by atomic mass is 32.1. The minimum absolute atomic E-state index is 0.0833. The molecule has 3 aromatic rings. The second-order valence-electron chi connectivity index (χ2n) is 6.00. The van der Waals surface area contributed by atoms with Crippen molar-refractivity contribution in [3.8, 4) is 0 Å². The number of pyridine rings is 1. The number of rotatable bonds is 3. The highest BCUT2D eigenvalue weighted by Gasteiger charge is 2.13. The van der Waals surface area contributed by atoms with Crippen molar-refractivity contribution >= 4 is 45.5 Å². The molecule has 0 aliphatic heterocycles. The van der Waals surface area contributed by atoms with E-state index in [1.807, 2.05) is 38.1 Å². The van der Waals surface area contributed by atoms with Crippen LogP contribution < -0.4 is 10.6 Å². The number of aromatic nitrogens is 1. The molecule has 1 amide bonds. The van der Waals surface area contributed by atoms with Crippen LogP contribution in [0.15, 0.2) is 48.5 Å². The second kappa shape index (κ2) is 7.46. The first kappa shape index (κ1) is 18.4. The summed E-state index contributed by atoms with van der Waals surface area (Å²) in [6.07, 6.45) is 0. The molecule has 0 spiro atoms. The number of benzene rings is 2. The quantitative estimate of drug-likeness (QED) is 0.406. The van der Waals surface area contributed by atoms with Crippen molar-refractivity contribution in [2.75, 3.05) is 5.32 Å². The molecule has 0 saturated carbocycles. The highest BCUT2D eigenvalue weighted by Crippen LogP contribution is 2.24. The lowest BCUT2D eigenvalue weighted by Gasteiger charge is -2.13. The van der Waals surface area contributed by atoms with Crippen molar-refractivity contribution in [1.82, 2.24) is 10.3 Å². The number of anilines is 1. The molecule has 0 radical (unpaired) electrons. The average molecular weight is 380 g/mol. The van der Waals surface area contributed by atoms with E-state index >= 15 is 0 Å². The fraction of sp³-hybridized carbons (Fsp3) is 0.105. The normalized spacial score (nSPS) is 10.4. The van der Waals surface area contributed by atoms with E-state index in [-0.39, 0.29) is 16.4 Å². The Labute approximate surface area is 160 Å². The minimum Gasteiger partial charge on any atom is -0.331 e. The second-order valence-corrected chi connectivity index (χ2v) is 6.41. The molecule has 0 fully saturated rings. The van der Waals surface area contributed by atoms with E-state index in [1.54, 1.807) is 0 Å². The van der Waals surface area contributed by atoms with Crippen LogP contribution in [-0.2, 0) is 0 Å². The van der Waals surface area contributed by atoms with Crippen LogP contribution in [0.4, 0.5) is 11.4 Å². The monoisotopic (exact) mass is 380 g/mol. The Morgan fingerprint density at radius 3 is 2.63 bits per heavy atom. The molecule has 3 rings (SSSR count). The Morgan fingerprint density at radius 2 is 1.89 bits per heavy atom. The van der Waals surface area contributed by atoms with Gasteiger partial charge in [0.25, 0.3) is 11.6 Å². The molecule has 0 aliphatic rings. The fourth-order valence-corrected chi connectivity index (χ4v) is 2.97. The number of thiocarbonyl (C=S) groups is 1. The van der Waals surface area contributed by atoms with Crippen molar-refractivity contribution in [3.05, 3.63) is 75.5 Å². The molecule has 0 aliphatic carbocycles. The van der Waals surface area contributed by atoms with E-state index in [0.29, 0.717) is 5.69 Å². The van der Waals surface area contributed by atoms with E-state index in [1.165, 1.54) is 24.3 Å². The minimum atomic E-state index is -0.556. The summed E-state index contributed by atoms with van der Waals surface area (Å²) in [5, 5.41) is 17.4. The van der Waals surface area contributed by atoms with Gasteiger partial charge in [0.2, 0.25) is 0 Å². The number of aryl methyl sites for hydroxylation is 2. The topological polar surface area (TPSA) is 97.2 Å². The molecule has 0 saturated heterocycles. The van der Waals surface area contributed by atoms with E-state index in [9.17, 15) is 14.9 Å². The first-order chi connectivity index (χ1) is 12.8. The summed E-state index contributed by atoms with van der Waals surface area (Å²) in [6, 6.07) is 13.1. The standard InChI is InChI=1S/C19H16N4O3S/c1-11-9-12(2)20-17-15(11)7-4-8-16(17)21-19(27)22-18(24)13-5-3-6-14(10-13)23(25)26/h3-10H,1-2H3,(H2,21,22,24,27). The third-order valence-corrected chi connectivity index (χ3v) is 4.17. The summed E-state index contributed by atoms with van der Waals surface area (Å²) < 4.78 is 0. The molecule has 0 unspecified atom stereocenters. The van der Waals surface area contributed by atoms with Gasteiger partial charge in [-0.25, -0.2) is 0 Å². The maximum Gasteiger partial charge on any atom is 0.270 e. The van der Waals surface area contributed by atoms with Crippen LogP contribution in [0.25, 0.3) is 10.9 Å². The molecule has 2 aromatic carbocycles. The number of nitrogens with one attached hydrogen (secondary N) is 2. The number of hydrogen-bond acceptors (Lipinski definition) is 5. The van der Waals surface area contributed by atoms with Crippen molar-refractivity contribution in [1.29, 1.82) is 0 Å². The van der Waals surface area contributed by atoms with Gasteiger partial charge in [0.1, 0.15) is 0 Å².